The van der Waals surface area contributed by atoms with Crippen molar-refractivity contribution in [1.29, 1.82) is 0 Å². The molecule has 1 aliphatic rings. The van der Waals surface area contributed by atoms with Gasteiger partial charge in [-0.3, -0.25) is 0 Å². The van der Waals surface area contributed by atoms with E-state index in [4.69, 9.17) is 0 Å². The molecule has 0 unspecified atom stereocenters. The Labute approximate surface area is 76.4 Å². The summed E-state index contributed by atoms with van der Waals surface area (Å²) in [5, 5.41) is 0. The molecule has 1 fully saturated rings. The minimum Gasteiger partial charge on any atom is -0.0961 e. The molecule has 12 heavy (non-hydrogen) atoms. The zero-order valence-corrected chi connectivity index (χ0v) is 8.34. The standard InChI is InChI=1S/C12H20/c1-10(2)4-7-12-8-5-11(3)6-9-12/h4,7,11-12H,1,5-6,8-9H2,2-3H3. The second-order valence-corrected chi connectivity index (χ2v) is 4.23. The van der Waals surface area contributed by atoms with Crippen LogP contribution in [0.3, 0.4) is 0 Å². The summed E-state index contributed by atoms with van der Waals surface area (Å²) < 4.78 is 0. The van der Waals surface area contributed by atoms with Gasteiger partial charge in [0, 0.05) is 0 Å². The molecule has 0 nitrogen and oxygen atoms in total. The van der Waals surface area contributed by atoms with Crippen molar-refractivity contribution in [3.63, 3.8) is 0 Å². The van der Waals surface area contributed by atoms with E-state index in [1.165, 1.54) is 31.3 Å². The first kappa shape index (κ1) is 9.57. The number of rotatable bonds is 2. The molecule has 0 radical (unpaired) electrons. The summed E-state index contributed by atoms with van der Waals surface area (Å²) in [6.45, 7) is 8.28. The molecule has 0 bridgehead atoms. The van der Waals surface area contributed by atoms with Crippen LogP contribution in [0.1, 0.15) is 39.5 Å². The summed E-state index contributed by atoms with van der Waals surface area (Å²) in [7, 11) is 0. The minimum atomic E-state index is 0.831. The van der Waals surface area contributed by atoms with Crippen LogP contribution in [0.2, 0.25) is 0 Å². The van der Waals surface area contributed by atoms with E-state index in [2.05, 4.69) is 32.6 Å². The van der Waals surface area contributed by atoms with Gasteiger partial charge in [-0.2, -0.15) is 0 Å². The molecule has 0 amide bonds. The first-order valence-electron chi connectivity index (χ1n) is 5.02. The fraction of sp³-hybridized carbons (Fsp3) is 0.667. The average molecular weight is 164 g/mol. The minimum absolute atomic E-state index is 0.831. The van der Waals surface area contributed by atoms with E-state index in [0.717, 1.165) is 11.8 Å². The molecule has 0 aliphatic heterocycles. The summed E-state index contributed by atoms with van der Waals surface area (Å²) in [4.78, 5) is 0. The predicted molar refractivity (Wildman–Crippen MR) is 55.1 cm³/mol. The van der Waals surface area contributed by atoms with Crippen molar-refractivity contribution in [2.45, 2.75) is 39.5 Å². The first-order valence-corrected chi connectivity index (χ1v) is 5.02. The zero-order chi connectivity index (χ0) is 8.97. The molecule has 0 heteroatoms. The lowest BCUT2D eigenvalue weighted by Crippen LogP contribution is -2.09. The molecule has 0 spiro atoms. The van der Waals surface area contributed by atoms with Gasteiger partial charge in [-0.1, -0.05) is 44.1 Å². The van der Waals surface area contributed by atoms with Gasteiger partial charge in [-0.15, -0.1) is 0 Å². The molecule has 1 aliphatic carbocycles. The first-order chi connectivity index (χ1) is 5.68. The lowest BCUT2D eigenvalue weighted by atomic mass is 9.83. The Morgan fingerprint density at radius 1 is 1.25 bits per heavy atom. The molecular formula is C12H20. The van der Waals surface area contributed by atoms with E-state index in [0.29, 0.717) is 0 Å². The Kier molecular flexibility index (Phi) is 3.58. The fourth-order valence-corrected chi connectivity index (χ4v) is 1.78. The van der Waals surface area contributed by atoms with Gasteiger partial charge in [0.1, 0.15) is 0 Å². The monoisotopic (exact) mass is 164 g/mol. The average Bonchev–Trinajstić information content (AvgIpc) is 2.03. The van der Waals surface area contributed by atoms with E-state index in [9.17, 15) is 0 Å². The lowest BCUT2D eigenvalue weighted by Gasteiger charge is -2.23. The molecule has 0 aromatic heterocycles. The van der Waals surface area contributed by atoms with Crippen molar-refractivity contribution in [3.8, 4) is 0 Å². The maximum absolute atomic E-state index is 3.87. The van der Waals surface area contributed by atoms with Gasteiger partial charge in [0.25, 0.3) is 0 Å². The topological polar surface area (TPSA) is 0 Å². The van der Waals surface area contributed by atoms with Crippen molar-refractivity contribution < 1.29 is 0 Å². The summed E-state index contributed by atoms with van der Waals surface area (Å²) in [6.07, 6.45) is 10.1. The third kappa shape index (κ3) is 3.25. The van der Waals surface area contributed by atoms with Crippen LogP contribution in [-0.4, -0.2) is 0 Å². The fourth-order valence-electron chi connectivity index (χ4n) is 1.78. The van der Waals surface area contributed by atoms with E-state index in [1.807, 2.05) is 0 Å². The summed E-state index contributed by atoms with van der Waals surface area (Å²) in [6, 6.07) is 0. The Hall–Kier alpha value is -0.520. The van der Waals surface area contributed by atoms with Crippen LogP contribution in [0, 0.1) is 11.8 Å². The number of hydrogen-bond donors (Lipinski definition) is 0. The van der Waals surface area contributed by atoms with Crippen LogP contribution in [0.4, 0.5) is 0 Å². The Balaban J connectivity index is 2.30. The molecule has 68 valence electrons. The summed E-state index contributed by atoms with van der Waals surface area (Å²) in [5.74, 6) is 1.79. The summed E-state index contributed by atoms with van der Waals surface area (Å²) in [5.41, 5.74) is 1.17. The Morgan fingerprint density at radius 2 is 1.83 bits per heavy atom. The van der Waals surface area contributed by atoms with Crippen LogP contribution in [0.5, 0.6) is 0 Å². The smallest absolute Gasteiger partial charge is 0.0230 e. The predicted octanol–water partition coefficient (Wildman–Crippen LogP) is 3.95. The maximum Gasteiger partial charge on any atom is -0.0230 e. The third-order valence-electron chi connectivity index (χ3n) is 2.71. The van der Waals surface area contributed by atoms with Crippen LogP contribution in [0.25, 0.3) is 0 Å². The van der Waals surface area contributed by atoms with Gasteiger partial charge < -0.3 is 0 Å². The van der Waals surface area contributed by atoms with Crippen LogP contribution in [-0.2, 0) is 0 Å². The van der Waals surface area contributed by atoms with Gasteiger partial charge in [0.2, 0.25) is 0 Å². The van der Waals surface area contributed by atoms with Crippen LogP contribution in [0.15, 0.2) is 24.3 Å². The molecular weight excluding hydrogens is 144 g/mol. The Morgan fingerprint density at radius 3 is 2.33 bits per heavy atom. The highest BCUT2D eigenvalue weighted by Crippen LogP contribution is 2.29. The third-order valence-corrected chi connectivity index (χ3v) is 2.71. The second kappa shape index (κ2) is 4.49. The van der Waals surface area contributed by atoms with Gasteiger partial charge in [-0.25, -0.2) is 0 Å². The number of allylic oxidation sites excluding steroid dienone is 3. The molecule has 0 saturated heterocycles. The lowest BCUT2D eigenvalue weighted by molar-refractivity contribution is 0.330. The maximum atomic E-state index is 3.87. The van der Waals surface area contributed by atoms with Crippen molar-refractivity contribution in [2.75, 3.05) is 0 Å². The molecule has 0 aromatic carbocycles. The van der Waals surface area contributed by atoms with Crippen molar-refractivity contribution >= 4 is 0 Å². The van der Waals surface area contributed by atoms with E-state index in [-0.39, 0.29) is 0 Å². The van der Waals surface area contributed by atoms with Gasteiger partial charge in [0.05, 0.1) is 0 Å². The quantitative estimate of drug-likeness (QED) is 0.542. The summed E-state index contributed by atoms with van der Waals surface area (Å²) >= 11 is 0. The highest BCUT2D eigenvalue weighted by atomic mass is 14.2. The molecule has 0 aromatic rings. The van der Waals surface area contributed by atoms with Crippen molar-refractivity contribution in [1.82, 2.24) is 0 Å². The van der Waals surface area contributed by atoms with E-state index >= 15 is 0 Å². The SMILES string of the molecule is C=C(C)C=CC1CCC(C)CC1. The highest BCUT2D eigenvalue weighted by Gasteiger charge is 2.15. The molecule has 1 saturated carbocycles. The highest BCUT2D eigenvalue weighted by molar-refractivity contribution is 5.12. The Bertz CT molecular complexity index is 168. The van der Waals surface area contributed by atoms with E-state index < -0.39 is 0 Å². The normalized spacial score (nSPS) is 30.8. The number of hydrogen-bond acceptors (Lipinski definition) is 0. The van der Waals surface area contributed by atoms with E-state index in [1.54, 1.807) is 0 Å². The van der Waals surface area contributed by atoms with Crippen molar-refractivity contribution in [3.05, 3.63) is 24.3 Å². The molecule has 1 rings (SSSR count). The largest absolute Gasteiger partial charge is 0.0961 e. The van der Waals surface area contributed by atoms with Gasteiger partial charge in [0.15, 0.2) is 0 Å². The van der Waals surface area contributed by atoms with Crippen LogP contribution < -0.4 is 0 Å². The second-order valence-electron chi connectivity index (χ2n) is 4.23. The van der Waals surface area contributed by atoms with Crippen LogP contribution >= 0.6 is 0 Å². The molecule has 0 N–H and O–H groups in total. The zero-order valence-electron chi connectivity index (χ0n) is 8.34. The van der Waals surface area contributed by atoms with Crippen molar-refractivity contribution in [2.24, 2.45) is 11.8 Å². The molecule has 0 atom stereocenters. The van der Waals surface area contributed by atoms with Gasteiger partial charge in [-0.05, 0) is 31.6 Å². The van der Waals surface area contributed by atoms with Gasteiger partial charge >= 0.3 is 0 Å². The molecule has 0 heterocycles.